The Bertz CT molecular complexity index is 1340. The molecule has 0 fully saturated rings. The average molecular weight is 461 g/mol. The van der Waals surface area contributed by atoms with Crippen molar-refractivity contribution in [2.24, 2.45) is 5.10 Å². The second-order valence-corrected chi connectivity index (χ2v) is 8.71. The number of fused-ring (bicyclic) bond motifs is 1. The van der Waals surface area contributed by atoms with Gasteiger partial charge in [0.15, 0.2) is 0 Å². The smallest absolute Gasteiger partial charge is 0.262 e. The van der Waals surface area contributed by atoms with Gasteiger partial charge in [-0.15, -0.1) is 11.3 Å². The Hall–Kier alpha value is -3.78. The number of rotatable bonds is 8. The van der Waals surface area contributed by atoms with Crippen molar-refractivity contribution in [1.29, 1.82) is 0 Å². The maximum absolute atomic E-state index is 12.6. The molecule has 0 unspecified atom stereocenters. The van der Waals surface area contributed by atoms with Gasteiger partial charge in [0.05, 0.1) is 17.9 Å². The Kier molecular flexibility index (Phi) is 6.95. The summed E-state index contributed by atoms with van der Waals surface area (Å²) >= 11 is 1.50. The molecule has 4 aromatic rings. The first-order chi connectivity index (χ1) is 16.0. The van der Waals surface area contributed by atoms with Crippen LogP contribution in [0.25, 0.3) is 10.2 Å². The van der Waals surface area contributed by atoms with Crippen molar-refractivity contribution < 1.29 is 9.53 Å². The number of aromatic nitrogens is 2. The molecule has 0 saturated carbocycles. The van der Waals surface area contributed by atoms with E-state index in [2.05, 4.69) is 34.6 Å². The maximum Gasteiger partial charge on any atom is 0.262 e. The van der Waals surface area contributed by atoms with Gasteiger partial charge in [-0.05, 0) is 54.8 Å². The highest BCUT2D eigenvalue weighted by atomic mass is 32.1. The van der Waals surface area contributed by atoms with Crippen molar-refractivity contribution in [3.05, 3.63) is 92.8 Å². The molecular formula is C25H24N4O3S. The summed E-state index contributed by atoms with van der Waals surface area (Å²) in [6.45, 7) is 4.42. The van der Waals surface area contributed by atoms with Crippen LogP contribution >= 0.6 is 11.3 Å². The minimum absolute atomic E-state index is 0.151. The summed E-state index contributed by atoms with van der Waals surface area (Å²) < 4.78 is 7.09. The molecule has 0 aliphatic carbocycles. The van der Waals surface area contributed by atoms with Gasteiger partial charge < -0.3 is 4.74 Å². The van der Waals surface area contributed by atoms with Gasteiger partial charge in [0, 0.05) is 4.88 Å². The molecule has 1 amide bonds. The topological polar surface area (TPSA) is 85.6 Å². The number of thiophene rings is 1. The highest BCUT2D eigenvalue weighted by molar-refractivity contribution is 7.18. The van der Waals surface area contributed by atoms with Crippen LogP contribution in [-0.4, -0.2) is 21.7 Å². The number of hydrogen-bond acceptors (Lipinski definition) is 6. The van der Waals surface area contributed by atoms with Crippen molar-refractivity contribution in [2.75, 3.05) is 0 Å². The SMILES string of the molecule is CCc1cc2c(=O)n(CC(=O)N/N=C\c3ccc(OCc4ccc(C)cc4)cc3)cnc2s1. The van der Waals surface area contributed by atoms with Crippen molar-refractivity contribution >= 4 is 33.7 Å². The zero-order valence-corrected chi connectivity index (χ0v) is 19.3. The number of benzene rings is 2. The molecule has 33 heavy (non-hydrogen) atoms. The maximum atomic E-state index is 12.6. The molecule has 0 saturated heterocycles. The van der Waals surface area contributed by atoms with Crippen LogP contribution in [0.4, 0.5) is 0 Å². The molecule has 0 atom stereocenters. The number of carbonyl (C=O) groups excluding carboxylic acids is 1. The van der Waals surface area contributed by atoms with E-state index in [0.29, 0.717) is 16.8 Å². The Morgan fingerprint density at radius 2 is 1.94 bits per heavy atom. The lowest BCUT2D eigenvalue weighted by Crippen LogP contribution is -2.29. The van der Waals surface area contributed by atoms with Crippen LogP contribution in [0.3, 0.4) is 0 Å². The van der Waals surface area contributed by atoms with Crippen LogP contribution in [0.5, 0.6) is 5.75 Å². The molecule has 0 radical (unpaired) electrons. The minimum atomic E-state index is -0.404. The fraction of sp³-hybridized carbons (Fsp3) is 0.200. The molecule has 7 nitrogen and oxygen atoms in total. The van der Waals surface area contributed by atoms with Gasteiger partial charge in [0.25, 0.3) is 11.5 Å². The zero-order chi connectivity index (χ0) is 23.2. The molecular weight excluding hydrogens is 436 g/mol. The molecule has 4 rings (SSSR count). The number of nitrogens with zero attached hydrogens (tertiary/aromatic N) is 3. The number of hydrogen-bond donors (Lipinski definition) is 1. The highest BCUT2D eigenvalue weighted by Gasteiger charge is 2.10. The minimum Gasteiger partial charge on any atom is -0.489 e. The van der Waals surface area contributed by atoms with Crippen LogP contribution in [0.1, 0.15) is 28.5 Å². The molecule has 0 spiro atoms. The molecule has 1 N–H and O–H groups in total. The van der Waals surface area contributed by atoms with Crippen LogP contribution < -0.4 is 15.7 Å². The van der Waals surface area contributed by atoms with E-state index in [0.717, 1.165) is 28.2 Å². The molecule has 8 heteroatoms. The predicted molar refractivity (Wildman–Crippen MR) is 131 cm³/mol. The zero-order valence-electron chi connectivity index (χ0n) is 18.4. The van der Waals surface area contributed by atoms with E-state index >= 15 is 0 Å². The molecule has 168 valence electrons. The summed E-state index contributed by atoms with van der Waals surface area (Å²) in [5, 5.41) is 4.52. The van der Waals surface area contributed by atoms with Crippen LogP contribution in [-0.2, 0) is 24.4 Å². The van der Waals surface area contributed by atoms with E-state index in [9.17, 15) is 9.59 Å². The Balaban J connectivity index is 1.30. The molecule has 0 aliphatic rings. The Morgan fingerprint density at radius 1 is 1.18 bits per heavy atom. The fourth-order valence-corrected chi connectivity index (χ4v) is 4.09. The molecule has 2 aromatic carbocycles. The summed E-state index contributed by atoms with van der Waals surface area (Å²) in [5.74, 6) is 0.345. The van der Waals surface area contributed by atoms with Crippen molar-refractivity contribution in [3.63, 3.8) is 0 Å². The van der Waals surface area contributed by atoms with Crippen LogP contribution in [0.2, 0.25) is 0 Å². The van der Waals surface area contributed by atoms with Gasteiger partial charge >= 0.3 is 0 Å². The molecule has 0 bridgehead atoms. The van der Waals surface area contributed by atoms with E-state index in [4.69, 9.17) is 4.74 Å². The average Bonchev–Trinajstić information content (AvgIpc) is 3.26. The number of nitrogens with one attached hydrogen (secondary N) is 1. The van der Waals surface area contributed by atoms with Gasteiger partial charge in [-0.3, -0.25) is 14.2 Å². The third kappa shape index (κ3) is 5.72. The van der Waals surface area contributed by atoms with Gasteiger partial charge in [-0.1, -0.05) is 36.8 Å². The van der Waals surface area contributed by atoms with Gasteiger partial charge in [-0.25, -0.2) is 10.4 Å². The van der Waals surface area contributed by atoms with E-state index in [1.807, 2.05) is 49.4 Å². The van der Waals surface area contributed by atoms with Crippen LogP contribution in [0.15, 0.2) is 70.8 Å². The largest absolute Gasteiger partial charge is 0.489 e. The third-order valence-corrected chi connectivity index (χ3v) is 6.23. The number of amides is 1. The van der Waals surface area contributed by atoms with Gasteiger partial charge in [0.1, 0.15) is 23.7 Å². The van der Waals surface area contributed by atoms with Gasteiger partial charge in [-0.2, -0.15) is 5.10 Å². The van der Waals surface area contributed by atoms with E-state index in [1.54, 1.807) is 0 Å². The highest BCUT2D eigenvalue weighted by Crippen LogP contribution is 2.21. The second-order valence-electron chi connectivity index (χ2n) is 7.60. The van der Waals surface area contributed by atoms with E-state index in [-0.39, 0.29) is 12.1 Å². The fourth-order valence-electron chi connectivity index (χ4n) is 3.17. The Morgan fingerprint density at radius 3 is 2.67 bits per heavy atom. The number of carbonyl (C=O) groups is 1. The predicted octanol–water partition coefficient (Wildman–Crippen LogP) is 4.06. The molecule has 2 aromatic heterocycles. The quantitative estimate of drug-likeness (QED) is 0.317. The first-order valence-electron chi connectivity index (χ1n) is 10.6. The normalized spacial score (nSPS) is 11.2. The Labute approximate surface area is 195 Å². The number of hydrazone groups is 1. The number of ether oxygens (including phenoxy) is 1. The molecule has 2 heterocycles. The third-order valence-electron chi connectivity index (χ3n) is 5.04. The molecule has 0 aliphatic heterocycles. The second kappa shape index (κ2) is 10.2. The van der Waals surface area contributed by atoms with Crippen LogP contribution in [0, 0.1) is 6.92 Å². The monoisotopic (exact) mass is 460 g/mol. The van der Waals surface area contributed by atoms with Crippen molar-refractivity contribution in [3.8, 4) is 5.75 Å². The number of aryl methyl sites for hydroxylation is 2. The lowest BCUT2D eigenvalue weighted by atomic mass is 10.2. The first kappa shape index (κ1) is 22.4. The summed E-state index contributed by atoms with van der Waals surface area (Å²) in [6, 6.07) is 17.5. The van der Waals surface area contributed by atoms with Crippen molar-refractivity contribution in [1.82, 2.24) is 15.0 Å². The van der Waals surface area contributed by atoms with E-state index < -0.39 is 5.91 Å². The summed E-state index contributed by atoms with van der Waals surface area (Å²) in [6.07, 6.45) is 3.78. The van der Waals surface area contributed by atoms with Gasteiger partial charge in [0.2, 0.25) is 0 Å². The summed E-state index contributed by atoms with van der Waals surface area (Å²) in [4.78, 5) is 30.9. The standard InChI is InChI=1S/C25H24N4O3S/c1-3-21-12-22-24(33-21)26-16-29(25(22)31)14-23(30)28-27-13-18-8-10-20(11-9-18)32-15-19-6-4-17(2)5-7-19/h4-13,16H,3,14-15H2,1-2H3,(H,28,30)/b27-13-. The van der Waals surface area contributed by atoms with E-state index in [1.165, 1.54) is 34.0 Å². The summed E-state index contributed by atoms with van der Waals surface area (Å²) in [7, 11) is 0. The lowest BCUT2D eigenvalue weighted by molar-refractivity contribution is -0.121. The lowest BCUT2D eigenvalue weighted by Gasteiger charge is -2.07. The van der Waals surface area contributed by atoms with Crippen molar-refractivity contribution in [2.45, 2.75) is 33.4 Å². The summed E-state index contributed by atoms with van der Waals surface area (Å²) in [5.41, 5.74) is 5.35. The first-order valence-corrected chi connectivity index (χ1v) is 11.4.